The van der Waals surface area contributed by atoms with Gasteiger partial charge in [0, 0.05) is 0 Å². The molecule has 0 aliphatic heterocycles. The van der Waals surface area contributed by atoms with Crippen molar-refractivity contribution in [3.8, 4) is 5.75 Å². The van der Waals surface area contributed by atoms with E-state index in [1.165, 1.54) is 12.1 Å². The Hall–Kier alpha value is -1.16. The zero-order chi connectivity index (χ0) is 22.8. The molecule has 0 heterocycles. The van der Waals surface area contributed by atoms with Gasteiger partial charge in [-0.05, 0) is 37.0 Å². The van der Waals surface area contributed by atoms with E-state index in [2.05, 4.69) is 11.4 Å². The van der Waals surface area contributed by atoms with Crippen molar-refractivity contribution in [2.24, 2.45) is 5.73 Å². The van der Waals surface area contributed by atoms with E-state index < -0.39 is 38.3 Å². The highest BCUT2D eigenvalue weighted by Gasteiger charge is 2.35. The van der Waals surface area contributed by atoms with Gasteiger partial charge < -0.3 is 25.4 Å². The number of hydrogen-bond donors (Lipinski definition) is 4. The van der Waals surface area contributed by atoms with Crippen LogP contribution in [-0.4, -0.2) is 40.3 Å². The maximum atomic E-state index is 13.4. The highest BCUT2D eigenvalue weighted by molar-refractivity contribution is 7.46. The zero-order valence-corrected chi connectivity index (χ0v) is 17.9. The Bertz CT molecular complexity index is 697. The van der Waals surface area contributed by atoms with E-state index >= 15 is 0 Å². The number of ether oxygens (including phenoxy) is 1. The second-order valence-corrected chi connectivity index (χ2v) is 8.61. The number of halogens is 3. The Morgan fingerprint density at radius 3 is 2.37 bits per heavy atom. The number of aliphatic hydroxyl groups is 1. The van der Waals surface area contributed by atoms with Crippen LogP contribution in [0.4, 0.5) is 13.2 Å². The van der Waals surface area contributed by atoms with E-state index in [1.54, 1.807) is 0 Å². The molecule has 0 aromatic heterocycles. The molecule has 1 atom stereocenters. The molecule has 174 valence electrons. The highest BCUT2D eigenvalue weighted by atomic mass is 31.2. The maximum absolute atomic E-state index is 13.4. The minimum absolute atomic E-state index is 0.0432. The second-order valence-electron chi connectivity index (χ2n) is 7.38. The summed E-state index contributed by atoms with van der Waals surface area (Å²) in [7, 11) is -4.78. The molecule has 0 saturated carbocycles. The highest BCUT2D eigenvalue weighted by Crippen LogP contribution is 2.38. The first-order valence-corrected chi connectivity index (χ1v) is 11.4. The molecule has 0 bridgehead atoms. The number of hydrogen-bond acceptors (Lipinski definition) is 5. The van der Waals surface area contributed by atoms with Crippen molar-refractivity contribution in [3.05, 3.63) is 29.3 Å². The predicted molar refractivity (Wildman–Crippen MR) is 106 cm³/mol. The fourth-order valence-electron chi connectivity index (χ4n) is 2.77. The van der Waals surface area contributed by atoms with Gasteiger partial charge in [-0.25, -0.2) is 4.57 Å². The van der Waals surface area contributed by atoms with Crippen molar-refractivity contribution in [1.29, 1.82) is 0 Å². The van der Waals surface area contributed by atoms with Crippen LogP contribution >= 0.6 is 7.82 Å². The molecule has 11 heteroatoms. The van der Waals surface area contributed by atoms with Crippen molar-refractivity contribution in [2.45, 2.75) is 63.6 Å². The van der Waals surface area contributed by atoms with Crippen LogP contribution in [0, 0.1) is 0 Å². The van der Waals surface area contributed by atoms with Crippen LogP contribution in [0.25, 0.3) is 0 Å². The quantitative estimate of drug-likeness (QED) is 0.248. The number of aryl methyl sites for hydroxylation is 1. The van der Waals surface area contributed by atoms with Crippen molar-refractivity contribution in [1.82, 2.24) is 0 Å². The maximum Gasteiger partial charge on any atom is 0.469 e. The minimum Gasteiger partial charge on any atom is -0.493 e. The third kappa shape index (κ3) is 10.2. The lowest BCUT2D eigenvalue weighted by molar-refractivity contribution is -0.139. The Kier molecular flexibility index (Phi) is 10.8. The van der Waals surface area contributed by atoms with Crippen LogP contribution in [0.1, 0.15) is 56.6 Å². The van der Waals surface area contributed by atoms with Gasteiger partial charge in [0.15, 0.2) is 0 Å². The summed E-state index contributed by atoms with van der Waals surface area (Å²) in [6.07, 6.45) is 0.135. The SMILES string of the molecule is CCCCCCCOc1ccc(CC[C@](N)(CO)COP(=O)(O)O)cc1C(F)(F)F. The number of nitrogens with two attached hydrogens (primary N) is 1. The van der Waals surface area contributed by atoms with E-state index in [-0.39, 0.29) is 25.2 Å². The number of benzene rings is 1. The number of unbranched alkanes of at least 4 members (excludes halogenated alkanes) is 4. The summed E-state index contributed by atoms with van der Waals surface area (Å²) < 4.78 is 60.8. The summed E-state index contributed by atoms with van der Waals surface area (Å²) in [5, 5.41) is 9.40. The van der Waals surface area contributed by atoms with Crippen LogP contribution in [-0.2, 0) is 21.7 Å². The topological polar surface area (TPSA) is 122 Å². The van der Waals surface area contributed by atoms with E-state index in [0.29, 0.717) is 12.0 Å². The van der Waals surface area contributed by atoms with Crippen LogP contribution in [0.5, 0.6) is 5.75 Å². The van der Waals surface area contributed by atoms with Gasteiger partial charge in [0.1, 0.15) is 5.75 Å². The molecule has 1 rings (SSSR count). The molecule has 0 unspecified atom stereocenters. The molecule has 0 radical (unpaired) electrons. The van der Waals surface area contributed by atoms with Gasteiger partial charge >= 0.3 is 14.0 Å². The molecule has 0 spiro atoms. The lowest BCUT2D eigenvalue weighted by atomic mass is 9.93. The van der Waals surface area contributed by atoms with Gasteiger partial charge in [-0.15, -0.1) is 0 Å². The molecule has 0 fully saturated rings. The molecular formula is C19H31F3NO6P. The third-order valence-electron chi connectivity index (χ3n) is 4.60. The fourth-order valence-corrected chi connectivity index (χ4v) is 3.20. The molecule has 5 N–H and O–H groups in total. The molecule has 1 aromatic rings. The largest absolute Gasteiger partial charge is 0.493 e. The standard InChI is InChI=1S/C19H31F3NO6P/c1-2-3-4-5-6-11-28-17-8-7-15(12-16(17)19(20,21)22)9-10-18(23,13-24)14-29-30(25,26)27/h7-8,12,24H,2-6,9-11,13-14,23H2,1H3,(H2,25,26,27)/t18-/m0/s1. The summed E-state index contributed by atoms with van der Waals surface area (Å²) in [5.74, 6) is -0.243. The smallest absolute Gasteiger partial charge is 0.469 e. The second kappa shape index (κ2) is 12.0. The lowest BCUT2D eigenvalue weighted by Crippen LogP contribution is -2.48. The van der Waals surface area contributed by atoms with Gasteiger partial charge in [0.05, 0.1) is 30.9 Å². The normalized spacial score (nSPS) is 14.5. The number of rotatable bonds is 14. The van der Waals surface area contributed by atoms with E-state index in [4.69, 9.17) is 20.3 Å². The number of phosphoric ester groups is 1. The molecule has 0 saturated heterocycles. The van der Waals surface area contributed by atoms with E-state index in [1.807, 2.05) is 0 Å². The summed E-state index contributed by atoms with van der Waals surface area (Å²) in [5.41, 5.74) is 3.76. The van der Waals surface area contributed by atoms with Gasteiger partial charge in [0.2, 0.25) is 0 Å². The first-order chi connectivity index (χ1) is 13.9. The fraction of sp³-hybridized carbons (Fsp3) is 0.684. The van der Waals surface area contributed by atoms with Crippen LogP contribution in [0.15, 0.2) is 18.2 Å². The van der Waals surface area contributed by atoms with E-state index in [0.717, 1.165) is 31.7 Å². The number of phosphoric acid groups is 1. The van der Waals surface area contributed by atoms with Crippen molar-refractivity contribution >= 4 is 7.82 Å². The Labute approximate surface area is 174 Å². The van der Waals surface area contributed by atoms with Gasteiger partial charge in [0.25, 0.3) is 0 Å². The van der Waals surface area contributed by atoms with Gasteiger partial charge in [-0.2, -0.15) is 13.2 Å². The summed E-state index contributed by atoms with van der Waals surface area (Å²) in [6, 6.07) is 3.70. The average molecular weight is 457 g/mol. The van der Waals surface area contributed by atoms with Crippen molar-refractivity contribution in [2.75, 3.05) is 19.8 Å². The third-order valence-corrected chi connectivity index (χ3v) is 5.07. The Balaban J connectivity index is 2.78. The summed E-state index contributed by atoms with van der Waals surface area (Å²) in [4.78, 5) is 17.5. The van der Waals surface area contributed by atoms with Crippen LogP contribution < -0.4 is 10.5 Å². The number of alkyl halides is 3. The van der Waals surface area contributed by atoms with E-state index in [9.17, 15) is 22.8 Å². The molecule has 30 heavy (non-hydrogen) atoms. The zero-order valence-electron chi connectivity index (χ0n) is 17.0. The molecule has 7 nitrogen and oxygen atoms in total. The monoisotopic (exact) mass is 457 g/mol. The molecule has 0 amide bonds. The van der Waals surface area contributed by atoms with Crippen molar-refractivity contribution in [3.63, 3.8) is 0 Å². The van der Waals surface area contributed by atoms with Gasteiger partial charge in [-0.1, -0.05) is 38.7 Å². The summed E-state index contributed by atoms with van der Waals surface area (Å²) in [6.45, 7) is 0.980. The van der Waals surface area contributed by atoms with Crippen LogP contribution in [0.3, 0.4) is 0 Å². The first kappa shape index (κ1) is 26.9. The summed E-state index contributed by atoms with van der Waals surface area (Å²) >= 11 is 0. The van der Waals surface area contributed by atoms with Crippen LogP contribution in [0.2, 0.25) is 0 Å². The van der Waals surface area contributed by atoms with Crippen molar-refractivity contribution < 1.29 is 41.9 Å². The predicted octanol–water partition coefficient (Wildman–Crippen LogP) is 3.79. The Morgan fingerprint density at radius 2 is 1.80 bits per heavy atom. The molecule has 1 aromatic carbocycles. The molecule has 0 aliphatic rings. The van der Waals surface area contributed by atoms with Gasteiger partial charge in [-0.3, -0.25) is 4.52 Å². The Morgan fingerprint density at radius 1 is 1.13 bits per heavy atom. The number of aliphatic hydroxyl groups excluding tert-OH is 1. The minimum atomic E-state index is -4.78. The lowest BCUT2D eigenvalue weighted by Gasteiger charge is -2.27. The molecular weight excluding hydrogens is 426 g/mol. The first-order valence-electron chi connectivity index (χ1n) is 9.83. The molecule has 0 aliphatic carbocycles. The average Bonchev–Trinajstić information content (AvgIpc) is 2.66.